The number of hydrogen-bond donors (Lipinski definition) is 0. The molecule has 1 unspecified atom stereocenters. The van der Waals surface area contributed by atoms with Crippen LogP contribution in [0, 0.1) is 0 Å². The third kappa shape index (κ3) is 4.63. The Kier molecular flexibility index (Phi) is 6.60. The zero-order valence-electron chi connectivity index (χ0n) is 20.4. The van der Waals surface area contributed by atoms with Gasteiger partial charge in [-0.25, -0.2) is 0 Å². The predicted octanol–water partition coefficient (Wildman–Crippen LogP) is 1.88. The van der Waals surface area contributed by atoms with E-state index in [1.165, 1.54) is 11.1 Å². The van der Waals surface area contributed by atoms with Gasteiger partial charge >= 0.3 is 0 Å². The van der Waals surface area contributed by atoms with Gasteiger partial charge in [0, 0.05) is 56.9 Å². The van der Waals surface area contributed by atoms with Crippen molar-refractivity contribution < 1.29 is 19.0 Å². The second kappa shape index (κ2) is 9.99. The molecule has 0 saturated carbocycles. The Morgan fingerprint density at radius 1 is 0.829 bits per heavy atom. The van der Waals surface area contributed by atoms with Gasteiger partial charge in [-0.1, -0.05) is 48.5 Å². The minimum Gasteiger partial charge on any atom is -0.378 e. The third-order valence-electron chi connectivity index (χ3n) is 7.86. The van der Waals surface area contributed by atoms with Gasteiger partial charge in [0.05, 0.1) is 32.5 Å². The van der Waals surface area contributed by atoms with Crippen LogP contribution < -0.4 is 0 Å². The number of ether oxygens (including phenoxy) is 3. The van der Waals surface area contributed by atoms with E-state index >= 15 is 0 Å². The van der Waals surface area contributed by atoms with E-state index in [4.69, 9.17) is 14.2 Å². The molecule has 0 radical (unpaired) electrons. The Balaban J connectivity index is 1.10. The summed E-state index contributed by atoms with van der Waals surface area (Å²) in [4.78, 5) is 19.3. The zero-order valence-corrected chi connectivity index (χ0v) is 20.4. The van der Waals surface area contributed by atoms with Crippen LogP contribution in [0.3, 0.4) is 0 Å². The lowest BCUT2D eigenvalue weighted by molar-refractivity contribution is -0.146. The first-order chi connectivity index (χ1) is 17.2. The number of hydrogen-bond acceptors (Lipinski definition) is 6. The van der Waals surface area contributed by atoms with Crippen molar-refractivity contribution in [2.45, 2.75) is 24.7 Å². The van der Waals surface area contributed by atoms with Crippen molar-refractivity contribution in [2.75, 3.05) is 72.2 Å². The molecule has 7 nitrogen and oxygen atoms in total. The molecule has 3 heterocycles. The summed E-state index contributed by atoms with van der Waals surface area (Å²) in [6.45, 7) is 8.35. The van der Waals surface area contributed by atoms with Crippen LogP contribution in [0.1, 0.15) is 22.3 Å². The monoisotopic (exact) mass is 477 g/mol. The Labute approximate surface area is 207 Å². The fourth-order valence-electron chi connectivity index (χ4n) is 5.94. The summed E-state index contributed by atoms with van der Waals surface area (Å²) in [7, 11) is 0. The molecule has 1 aliphatic carbocycles. The van der Waals surface area contributed by atoms with Crippen LogP contribution >= 0.6 is 0 Å². The standard InChI is InChI=1S/C28H35N3O4/c32-27(31-15-17-33-18-16-31)20-30-13-11-29(12-14-30)19-24-21-34-28(35-24)25-7-3-1-5-22(25)9-10-23-6-2-4-8-26(23)28/h1-8,24H,9-21H2. The number of benzene rings is 2. The lowest BCUT2D eigenvalue weighted by Gasteiger charge is -2.37. The molecule has 186 valence electrons. The fraction of sp³-hybridized carbons (Fsp3) is 0.536. The van der Waals surface area contributed by atoms with Crippen molar-refractivity contribution in [2.24, 2.45) is 0 Å². The number of fused-ring (bicyclic) bond motifs is 4. The summed E-state index contributed by atoms with van der Waals surface area (Å²) < 4.78 is 18.8. The highest BCUT2D eigenvalue weighted by atomic mass is 16.7. The molecule has 3 aliphatic heterocycles. The van der Waals surface area contributed by atoms with E-state index in [9.17, 15) is 4.79 Å². The summed E-state index contributed by atoms with van der Waals surface area (Å²) in [5.41, 5.74) is 4.92. The van der Waals surface area contributed by atoms with Crippen LogP contribution in [0.25, 0.3) is 0 Å². The molecular formula is C28H35N3O4. The van der Waals surface area contributed by atoms with E-state index in [1.54, 1.807) is 0 Å². The Hall–Kier alpha value is -2.29. The molecule has 0 bridgehead atoms. The van der Waals surface area contributed by atoms with Gasteiger partial charge in [0.15, 0.2) is 0 Å². The van der Waals surface area contributed by atoms with Crippen molar-refractivity contribution >= 4 is 5.91 Å². The largest absolute Gasteiger partial charge is 0.378 e. The molecule has 0 aromatic heterocycles. The van der Waals surface area contributed by atoms with Gasteiger partial charge < -0.3 is 19.1 Å². The first-order valence-corrected chi connectivity index (χ1v) is 13.0. The number of carbonyl (C=O) groups excluding carboxylic acids is 1. The van der Waals surface area contributed by atoms with Crippen LogP contribution in [0.5, 0.6) is 0 Å². The van der Waals surface area contributed by atoms with Gasteiger partial charge in [0.25, 0.3) is 0 Å². The van der Waals surface area contributed by atoms with Gasteiger partial charge in [0.1, 0.15) is 0 Å². The van der Waals surface area contributed by atoms with E-state index in [0.29, 0.717) is 39.5 Å². The smallest absolute Gasteiger partial charge is 0.236 e. The Morgan fingerprint density at radius 3 is 2.09 bits per heavy atom. The first-order valence-electron chi connectivity index (χ1n) is 13.0. The second-order valence-electron chi connectivity index (χ2n) is 10.1. The number of aryl methyl sites for hydroxylation is 2. The van der Waals surface area contributed by atoms with Crippen LogP contribution in [0.4, 0.5) is 0 Å². The molecule has 2 aromatic rings. The van der Waals surface area contributed by atoms with E-state index in [1.807, 2.05) is 4.90 Å². The number of amides is 1. The minimum atomic E-state index is -0.819. The van der Waals surface area contributed by atoms with Gasteiger partial charge in [0.2, 0.25) is 11.7 Å². The van der Waals surface area contributed by atoms with E-state index in [2.05, 4.69) is 58.3 Å². The quantitative estimate of drug-likeness (QED) is 0.671. The maximum absolute atomic E-state index is 12.6. The SMILES string of the molecule is O=C(CN1CCN(CC2COC3(O2)c2ccccc2CCc2ccccc23)CC1)N1CCOCC1. The van der Waals surface area contributed by atoms with Crippen LogP contribution in [-0.4, -0.2) is 98.9 Å². The predicted molar refractivity (Wildman–Crippen MR) is 132 cm³/mol. The molecule has 3 fully saturated rings. The molecule has 0 N–H and O–H groups in total. The van der Waals surface area contributed by atoms with E-state index < -0.39 is 5.79 Å². The third-order valence-corrected chi connectivity index (χ3v) is 7.86. The summed E-state index contributed by atoms with van der Waals surface area (Å²) in [6.07, 6.45) is 2.00. The minimum absolute atomic E-state index is 0.00995. The average molecular weight is 478 g/mol. The van der Waals surface area contributed by atoms with E-state index in [-0.39, 0.29) is 12.0 Å². The molecule has 1 atom stereocenters. The van der Waals surface area contributed by atoms with Crippen molar-refractivity contribution in [1.82, 2.24) is 14.7 Å². The molecule has 7 heteroatoms. The Morgan fingerprint density at radius 2 is 1.43 bits per heavy atom. The van der Waals surface area contributed by atoms with Crippen molar-refractivity contribution in [1.29, 1.82) is 0 Å². The number of nitrogens with zero attached hydrogens (tertiary/aromatic N) is 3. The maximum atomic E-state index is 12.6. The fourth-order valence-corrected chi connectivity index (χ4v) is 5.94. The van der Waals surface area contributed by atoms with Crippen LogP contribution in [-0.2, 0) is 37.6 Å². The molecule has 35 heavy (non-hydrogen) atoms. The molecule has 3 saturated heterocycles. The van der Waals surface area contributed by atoms with Gasteiger partial charge in [-0.3, -0.25) is 14.6 Å². The number of carbonyl (C=O) groups is 1. The first kappa shape index (κ1) is 23.1. The molecule has 4 aliphatic rings. The highest BCUT2D eigenvalue weighted by molar-refractivity contribution is 5.78. The van der Waals surface area contributed by atoms with Gasteiger partial charge in [-0.15, -0.1) is 0 Å². The van der Waals surface area contributed by atoms with Gasteiger partial charge in [-0.05, 0) is 24.0 Å². The highest BCUT2D eigenvalue weighted by Crippen LogP contribution is 2.45. The zero-order chi connectivity index (χ0) is 23.7. The Bertz CT molecular complexity index is 999. The number of morpholine rings is 1. The van der Waals surface area contributed by atoms with Crippen molar-refractivity contribution in [3.63, 3.8) is 0 Å². The molecular weight excluding hydrogens is 442 g/mol. The molecule has 2 aromatic carbocycles. The van der Waals surface area contributed by atoms with Crippen LogP contribution in [0.15, 0.2) is 48.5 Å². The normalized spacial score (nSPS) is 24.7. The van der Waals surface area contributed by atoms with Crippen molar-refractivity contribution in [3.05, 3.63) is 70.8 Å². The summed E-state index contributed by atoms with van der Waals surface area (Å²) in [5.74, 6) is -0.595. The van der Waals surface area contributed by atoms with E-state index in [0.717, 1.165) is 56.7 Å². The molecule has 1 amide bonds. The van der Waals surface area contributed by atoms with Crippen molar-refractivity contribution in [3.8, 4) is 0 Å². The highest BCUT2D eigenvalue weighted by Gasteiger charge is 2.48. The number of rotatable bonds is 4. The number of piperazine rings is 1. The maximum Gasteiger partial charge on any atom is 0.236 e. The summed E-state index contributed by atoms with van der Waals surface area (Å²) in [6, 6.07) is 17.2. The van der Waals surface area contributed by atoms with Crippen LogP contribution in [0.2, 0.25) is 0 Å². The summed E-state index contributed by atoms with van der Waals surface area (Å²) in [5, 5.41) is 0. The summed E-state index contributed by atoms with van der Waals surface area (Å²) >= 11 is 0. The molecule has 6 rings (SSSR count). The topological polar surface area (TPSA) is 54.5 Å². The average Bonchev–Trinajstić information content (AvgIpc) is 3.28. The second-order valence-corrected chi connectivity index (χ2v) is 10.1. The lowest BCUT2D eigenvalue weighted by atomic mass is 9.93. The molecule has 1 spiro atoms. The van der Waals surface area contributed by atoms with Gasteiger partial charge in [-0.2, -0.15) is 0 Å². The lowest BCUT2D eigenvalue weighted by Crippen LogP contribution is -2.52.